The van der Waals surface area contributed by atoms with E-state index in [2.05, 4.69) is 26.2 Å². The van der Waals surface area contributed by atoms with Crippen LogP contribution in [0.3, 0.4) is 0 Å². The molecule has 0 amide bonds. The van der Waals surface area contributed by atoms with Crippen molar-refractivity contribution in [1.82, 2.24) is 0 Å². The molecule has 1 rings (SSSR count). The van der Waals surface area contributed by atoms with E-state index in [0.29, 0.717) is 12.0 Å². The van der Waals surface area contributed by atoms with Gasteiger partial charge in [0.15, 0.2) is 5.41 Å². The van der Waals surface area contributed by atoms with E-state index in [9.17, 15) is 9.59 Å². The van der Waals surface area contributed by atoms with Crippen LogP contribution in [0.2, 0.25) is 0 Å². The zero-order valence-electron chi connectivity index (χ0n) is 12.6. The largest absolute Gasteiger partial charge is 0.468 e. The molecular formula is C16H22O4. The summed E-state index contributed by atoms with van der Waals surface area (Å²) in [6.07, 6.45) is 3.99. The van der Waals surface area contributed by atoms with Crippen molar-refractivity contribution >= 4 is 11.9 Å². The van der Waals surface area contributed by atoms with Crippen LogP contribution in [0.1, 0.15) is 33.1 Å². The molecule has 0 radical (unpaired) electrons. The predicted molar refractivity (Wildman–Crippen MR) is 75.9 cm³/mol. The van der Waals surface area contributed by atoms with Crippen LogP contribution < -0.4 is 0 Å². The molecule has 110 valence electrons. The third-order valence-electron chi connectivity index (χ3n) is 3.82. The Kier molecular flexibility index (Phi) is 5.34. The van der Waals surface area contributed by atoms with Gasteiger partial charge in [-0.3, -0.25) is 9.59 Å². The van der Waals surface area contributed by atoms with Crippen LogP contribution in [0.15, 0.2) is 29.5 Å². The summed E-state index contributed by atoms with van der Waals surface area (Å²) in [6.45, 7) is 8.06. The molecule has 0 heterocycles. The number of hydrogen-bond donors (Lipinski definition) is 0. The van der Waals surface area contributed by atoms with Gasteiger partial charge in [-0.25, -0.2) is 0 Å². The lowest BCUT2D eigenvalue weighted by molar-refractivity contribution is -0.161. The molecule has 1 fully saturated rings. The van der Waals surface area contributed by atoms with Crippen LogP contribution >= 0.6 is 0 Å². The number of carbonyl (C=O) groups excluding carboxylic acids is 2. The minimum atomic E-state index is -1.21. The van der Waals surface area contributed by atoms with Crippen LogP contribution in [-0.4, -0.2) is 26.2 Å². The first-order chi connectivity index (χ1) is 9.47. The third-order valence-corrected chi connectivity index (χ3v) is 3.82. The van der Waals surface area contributed by atoms with Crippen molar-refractivity contribution in [3.63, 3.8) is 0 Å². The van der Waals surface area contributed by atoms with Gasteiger partial charge in [-0.1, -0.05) is 20.4 Å². The highest BCUT2D eigenvalue weighted by atomic mass is 16.5. The molecule has 1 aliphatic rings. The molecule has 4 heteroatoms. The van der Waals surface area contributed by atoms with Crippen LogP contribution in [0, 0.1) is 11.3 Å². The van der Waals surface area contributed by atoms with Crippen LogP contribution in [0.5, 0.6) is 0 Å². The molecule has 0 bridgehead atoms. The molecule has 0 aromatic carbocycles. The monoisotopic (exact) mass is 278 g/mol. The number of carbonyl (C=O) groups is 2. The van der Waals surface area contributed by atoms with Crippen molar-refractivity contribution in [1.29, 1.82) is 0 Å². The van der Waals surface area contributed by atoms with Gasteiger partial charge in [0, 0.05) is 5.92 Å². The van der Waals surface area contributed by atoms with Gasteiger partial charge in [0.2, 0.25) is 0 Å². The number of esters is 2. The Labute approximate surface area is 120 Å². The molecule has 0 aromatic heterocycles. The fraction of sp³-hybridized carbons (Fsp3) is 0.562. The second-order valence-electron chi connectivity index (χ2n) is 4.89. The average Bonchev–Trinajstić information content (AvgIpc) is 3.23. The van der Waals surface area contributed by atoms with Gasteiger partial charge in [-0.2, -0.15) is 0 Å². The van der Waals surface area contributed by atoms with Gasteiger partial charge >= 0.3 is 11.9 Å². The number of rotatable bonds is 6. The molecule has 0 N–H and O–H groups in total. The zero-order chi connectivity index (χ0) is 15.3. The molecule has 1 aliphatic carbocycles. The summed E-state index contributed by atoms with van der Waals surface area (Å²) in [5.74, 6) is -1.37. The average molecular weight is 278 g/mol. The predicted octanol–water partition coefficient (Wildman–Crippen LogP) is 2.80. The number of allylic oxidation sites excluding steroid dienone is 2. The molecule has 20 heavy (non-hydrogen) atoms. The fourth-order valence-electron chi connectivity index (χ4n) is 2.36. The fourth-order valence-corrected chi connectivity index (χ4v) is 2.36. The van der Waals surface area contributed by atoms with Gasteiger partial charge < -0.3 is 9.47 Å². The van der Waals surface area contributed by atoms with Crippen molar-refractivity contribution in [3.8, 4) is 0 Å². The number of methoxy groups -OCH3 is 2. The van der Waals surface area contributed by atoms with Gasteiger partial charge in [0.1, 0.15) is 0 Å². The van der Waals surface area contributed by atoms with E-state index in [1.165, 1.54) is 19.8 Å². The third kappa shape index (κ3) is 2.86. The first kappa shape index (κ1) is 16.3. The summed E-state index contributed by atoms with van der Waals surface area (Å²) >= 11 is 0. The normalized spacial score (nSPS) is 18.5. The maximum atomic E-state index is 11.9. The van der Waals surface area contributed by atoms with Gasteiger partial charge in [0.25, 0.3) is 0 Å². The summed E-state index contributed by atoms with van der Waals surface area (Å²) < 4.78 is 9.46. The van der Waals surface area contributed by atoms with Crippen LogP contribution in [0.25, 0.3) is 0 Å². The summed E-state index contributed by atoms with van der Waals surface area (Å²) in [5, 5.41) is 0. The Morgan fingerprint density at radius 1 is 1.25 bits per heavy atom. The molecule has 1 saturated carbocycles. The highest BCUT2D eigenvalue weighted by Crippen LogP contribution is 2.58. The minimum Gasteiger partial charge on any atom is -0.468 e. The van der Waals surface area contributed by atoms with E-state index in [0.717, 1.165) is 12.8 Å². The highest BCUT2D eigenvalue weighted by molar-refractivity contribution is 6.04. The van der Waals surface area contributed by atoms with E-state index in [4.69, 9.17) is 9.47 Å². The lowest BCUT2D eigenvalue weighted by Gasteiger charge is -2.12. The summed E-state index contributed by atoms with van der Waals surface area (Å²) in [6, 6.07) is 0. The zero-order valence-corrected chi connectivity index (χ0v) is 12.6. The minimum absolute atomic E-state index is 0.259. The maximum Gasteiger partial charge on any atom is 0.323 e. The lowest BCUT2D eigenvalue weighted by Crippen LogP contribution is -2.30. The maximum absolute atomic E-state index is 11.9. The van der Waals surface area contributed by atoms with Gasteiger partial charge in [-0.15, -0.1) is 5.73 Å². The molecular weight excluding hydrogens is 256 g/mol. The molecule has 0 aliphatic heterocycles. The first-order valence-corrected chi connectivity index (χ1v) is 6.77. The van der Waals surface area contributed by atoms with E-state index in [-0.39, 0.29) is 5.92 Å². The Morgan fingerprint density at radius 3 is 2.15 bits per heavy atom. The number of hydrogen-bond acceptors (Lipinski definition) is 4. The smallest absolute Gasteiger partial charge is 0.323 e. The lowest BCUT2D eigenvalue weighted by atomic mass is 9.99. The molecule has 0 aromatic rings. The van der Waals surface area contributed by atoms with Crippen molar-refractivity contribution in [2.24, 2.45) is 11.3 Å². The Hall–Kier alpha value is -1.80. The van der Waals surface area contributed by atoms with Gasteiger partial charge in [0.05, 0.1) is 14.2 Å². The summed E-state index contributed by atoms with van der Waals surface area (Å²) in [5.41, 5.74) is 3.85. The van der Waals surface area contributed by atoms with E-state index >= 15 is 0 Å². The standard InChI is InChI=1S/C16H22O4/c1-6-12(7-2)9-8-11(3)13-10-16(13,14(17)19-4)15(18)20-5/h8,13H,3,6-7,10H2,1-2,4-5H3. The highest BCUT2D eigenvalue weighted by Gasteiger charge is 2.68. The molecule has 4 nitrogen and oxygen atoms in total. The second kappa shape index (κ2) is 6.58. The molecule has 0 spiro atoms. The van der Waals surface area contributed by atoms with Crippen molar-refractivity contribution in [3.05, 3.63) is 29.5 Å². The van der Waals surface area contributed by atoms with E-state index in [1.807, 2.05) is 0 Å². The molecule has 0 saturated heterocycles. The number of ether oxygens (including phenoxy) is 2. The quantitative estimate of drug-likeness (QED) is 0.324. The summed E-state index contributed by atoms with van der Waals surface area (Å²) in [7, 11) is 2.54. The van der Waals surface area contributed by atoms with Crippen molar-refractivity contribution in [2.45, 2.75) is 33.1 Å². The first-order valence-electron chi connectivity index (χ1n) is 6.77. The Bertz CT molecular complexity index is 459. The van der Waals surface area contributed by atoms with Crippen molar-refractivity contribution in [2.75, 3.05) is 14.2 Å². The molecule has 1 atom stereocenters. The van der Waals surface area contributed by atoms with Crippen LogP contribution in [-0.2, 0) is 19.1 Å². The van der Waals surface area contributed by atoms with Crippen molar-refractivity contribution < 1.29 is 19.1 Å². The van der Waals surface area contributed by atoms with E-state index in [1.54, 1.807) is 6.08 Å². The van der Waals surface area contributed by atoms with Crippen LogP contribution in [0.4, 0.5) is 0 Å². The Morgan fingerprint density at radius 2 is 1.75 bits per heavy atom. The topological polar surface area (TPSA) is 52.6 Å². The van der Waals surface area contributed by atoms with Gasteiger partial charge in [-0.05, 0) is 36.5 Å². The van der Waals surface area contributed by atoms with E-state index < -0.39 is 17.4 Å². The molecule has 1 unspecified atom stereocenters. The summed E-state index contributed by atoms with van der Waals surface area (Å²) in [4.78, 5) is 23.7. The second-order valence-corrected chi connectivity index (χ2v) is 4.89. The SMILES string of the molecule is C=C(C=C=C(CC)CC)C1CC1(C(=O)OC)C(=O)OC. The Balaban J connectivity index is 2.95.